The first-order valence-electron chi connectivity index (χ1n) is 23.1. The van der Waals surface area contributed by atoms with Crippen LogP contribution in [0.5, 0.6) is 0 Å². The van der Waals surface area contributed by atoms with Gasteiger partial charge in [-0.2, -0.15) is 0 Å². The Morgan fingerprint density at radius 1 is 0.532 bits per heavy atom. The van der Waals surface area contributed by atoms with Gasteiger partial charge in [-0.3, -0.25) is 13.8 Å². The van der Waals surface area contributed by atoms with Crippen LogP contribution in [0.15, 0.2) is 97.2 Å². The van der Waals surface area contributed by atoms with Crippen LogP contribution < -0.4 is 0 Å². The average Bonchev–Trinajstić information content (AvgIpc) is 3.26. The fourth-order valence-electron chi connectivity index (χ4n) is 6.32. The maximum absolute atomic E-state index is 12.8. The highest BCUT2D eigenvalue weighted by molar-refractivity contribution is 7.47. The van der Waals surface area contributed by atoms with Crippen LogP contribution in [0.4, 0.5) is 0 Å². The summed E-state index contributed by atoms with van der Waals surface area (Å²) in [6, 6.07) is 0. The molecule has 12 nitrogen and oxygen atoms in total. The number of allylic oxidation sites excluding steroid dienone is 15. The van der Waals surface area contributed by atoms with Crippen LogP contribution in [0.3, 0.4) is 0 Å². The highest BCUT2D eigenvalue weighted by atomic mass is 31.2. The largest absolute Gasteiger partial charge is 0.472 e. The van der Waals surface area contributed by atoms with Crippen molar-refractivity contribution in [1.82, 2.24) is 0 Å². The number of aliphatic hydroxyl groups excluding tert-OH is 5. The molecule has 13 heteroatoms. The van der Waals surface area contributed by atoms with Crippen LogP contribution in [-0.4, -0.2) is 98.9 Å². The third kappa shape index (κ3) is 30.4. The van der Waals surface area contributed by atoms with Crippen molar-refractivity contribution in [2.75, 3.05) is 19.8 Å². The molecular formula is C49H81O12P. The predicted octanol–water partition coefficient (Wildman–Crippen LogP) is 9.53. The van der Waals surface area contributed by atoms with Crippen LogP contribution >= 0.6 is 7.82 Å². The van der Waals surface area contributed by atoms with Gasteiger partial charge in [-0.05, 0) is 77.0 Å². The lowest BCUT2D eigenvalue weighted by atomic mass is 9.85. The maximum atomic E-state index is 12.8. The van der Waals surface area contributed by atoms with Gasteiger partial charge in [0.1, 0.15) is 42.7 Å². The molecule has 0 aromatic carbocycles. The van der Waals surface area contributed by atoms with Crippen LogP contribution in [-0.2, 0) is 27.9 Å². The lowest BCUT2D eigenvalue weighted by molar-refractivity contribution is -0.220. The van der Waals surface area contributed by atoms with E-state index in [9.17, 15) is 39.8 Å². The Morgan fingerprint density at radius 3 is 1.45 bits per heavy atom. The number of aliphatic hydroxyl groups is 5. The SMILES string of the molecule is CC/C=C\C/C=C\C/C=C\C/C=C\C/C=C\CC(=O)OC(COCCCCCCCCC/C=C\C/C=C\C/C=C\CCCCC)COP(=O)(O)OC1C(O)C(O)C(O)C(O)C1O. The summed E-state index contributed by atoms with van der Waals surface area (Å²) in [5.74, 6) is -0.612. The van der Waals surface area contributed by atoms with E-state index in [1.54, 1.807) is 6.08 Å². The Bertz CT molecular complexity index is 1390. The quantitative estimate of drug-likeness (QED) is 0.0150. The van der Waals surface area contributed by atoms with Crippen molar-refractivity contribution in [1.29, 1.82) is 0 Å². The van der Waals surface area contributed by atoms with Crippen molar-refractivity contribution >= 4 is 13.8 Å². The van der Waals surface area contributed by atoms with Crippen molar-refractivity contribution in [3.8, 4) is 0 Å². The van der Waals surface area contributed by atoms with Crippen LogP contribution in [0, 0.1) is 0 Å². The predicted molar refractivity (Wildman–Crippen MR) is 248 cm³/mol. The van der Waals surface area contributed by atoms with Gasteiger partial charge in [0.25, 0.3) is 0 Å². The van der Waals surface area contributed by atoms with E-state index in [2.05, 4.69) is 86.8 Å². The molecule has 0 bridgehead atoms. The number of unbranched alkanes of at least 4 members (excludes halogenated alkanes) is 10. The zero-order valence-corrected chi connectivity index (χ0v) is 38.5. The van der Waals surface area contributed by atoms with E-state index in [4.69, 9.17) is 18.5 Å². The summed E-state index contributed by atoms with van der Waals surface area (Å²) in [7, 11) is -5.05. The monoisotopic (exact) mass is 893 g/mol. The Kier molecular flexibility index (Phi) is 35.7. The van der Waals surface area contributed by atoms with Crippen LogP contribution in [0.25, 0.3) is 0 Å². The molecule has 354 valence electrons. The molecule has 1 fully saturated rings. The number of carbonyl (C=O) groups is 1. The minimum Gasteiger partial charge on any atom is -0.457 e. The van der Waals surface area contributed by atoms with E-state index in [-0.39, 0.29) is 13.0 Å². The Morgan fingerprint density at radius 2 is 0.952 bits per heavy atom. The summed E-state index contributed by atoms with van der Waals surface area (Å²) >= 11 is 0. The standard InChI is InChI=1S/C49H81O12P/c1-3-5-7-9-11-13-15-17-19-20-21-22-23-25-27-29-31-33-35-37-39-58-40-42(41-59-62(56,57)61-49-47(54)45(52)44(51)46(53)48(49)55)60-43(50)38-36-34-32-30-28-26-24-18-16-14-12-10-8-6-4-2/h6,8,11-14,17-19,21-22,24,28,30,34,36,42,44-49,51-55H,3-5,7,9-10,15-16,20,23,25-27,29,31-33,35,37-41H2,1-2H3,(H,56,57)/b8-6-,13-11-,14-12-,19-17-,22-21-,24-18-,30-28-,36-34-. The number of ether oxygens (including phenoxy) is 2. The molecule has 62 heavy (non-hydrogen) atoms. The molecule has 6 unspecified atom stereocenters. The lowest BCUT2D eigenvalue weighted by Crippen LogP contribution is -2.64. The summed E-state index contributed by atoms with van der Waals surface area (Å²) in [4.78, 5) is 23.1. The normalized spacial score (nSPS) is 22.9. The van der Waals surface area contributed by atoms with E-state index in [1.165, 1.54) is 44.9 Å². The molecule has 1 saturated carbocycles. The summed E-state index contributed by atoms with van der Waals surface area (Å²) in [6.07, 6.45) is 40.7. The number of hydrogen-bond acceptors (Lipinski definition) is 11. The number of phosphoric ester groups is 1. The van der Waals surface area contributed by atoms with Crippen molar-refractivity contribution in [3.05, 3.63) is 97.2 Å². The van der Waals surface area contributed by atoms with Gasteiger partial charge in [0, 0.05) is 6.61 Å². The number of carbonyl (C=O) groups excluding carboxylic acids is 1. The van der Waals surface area contributed by atoms with Gasteiger partial charge in [-0.1, -0.05) is 156 Å². The van der Waals surface area contributed by atoms with E-state index in [1.807, 2.05) is 18.2 Å². The third-order valence-electron chi connectivity index (χ3n) is 9.97. The molecule has 1 rings (SSSR count). The summed E-state index contributed by atoms with van der Waals surface area (Å²) < 4.78 is 34.0. The van der Waals surface area contributed by atoms with E-state index in [0.29, 0.717) is 13.0 Å². The molecule has 0 amide bonds. The highest BCUT2D eigenvalue weighted by Crippen LogP contribution is 2.47. The number of esters is 1. The first-order valence-corrected chi connectivity index (χ1v) is 24.6. The molecule has 0 saturated heterocycles. The minimum atomic E-state index is -5.05. The molecule has 6 atom stereocenters. The first kappa shape index (κ1) is 57.3. The summed E-state index contributed by atoms with van der Waals surface area (Å²) in [5, 5.41) is 50.2. The van der Waals surface area contributed by atoms with E-state index in [0.717, 1.165) is 70.6 Å². The number of phosphoric acid groups is 1. The molecule has 6 N–H and O–H groups in total. The molecule has 1 aliphatic rings. The molecule has 0 spiro atoms. The van der Waals surface area contributed by atoms with Crippen molar-refractivity contribution in [2.24, 2.45) is 0 Å². The fraction of sp³-hybridized carbons (Fsp3) is 0.653. The van der Waals surface area contributed by atoms with Gasteiger partial charge in [0.2, 0.25) is 0 Å². The number of rotatable bonds is 37. The van der Waals surface area contributed by atoms with Crippen molar-refractivity contribution < 1.29 is 58.3 Å². The molecule has 0 aromatic rings. The molecule has 0 heterocycles. The Balaban J connectivity index is 2.46. The maximum Gasteiger partial charge on any atom is 0.472 e. The second-order valence-electron chi connectivity index (χ2n) is 15.5. The molecular weight excluding hydrogens is 812 g/mol. The smallest absolute Gasteiger partial charge is 0.457 e. The minimum absolute atomic E-state index is 0.0547. The molecule has 1 aliphatic carbocycles. The van der Waals surface area contributed by atoms with Gasteiger partial charge in [-0.15, -0.1) is 0 Å². The summed E-state index contributed by atoms with van der Waals surface area (Å²) in [5.41, 5.74) is 0. The zero-order valence-electron chi connectivity index (χ0n) is 37.6. The first-order chi connectivity index (χ1) is 30.0. The summed E-state index contributed by atoms with van der Waals surface area (Å²) in [6.45, 7) is 3.96. The zero-order chi connectivity index (χ0) is 45.5. The Labute approximate surface area is 373 Å². The van der Waals surface area contributed by atoms with Crippen molar-refractivity contribution in [2.45, 2.75) is 185 Å². The lowest BCUT2D eigenvalue weighted by Gasteiger charge is -2.41. The van der Waals surface area contributed by atoms with Gasteiger partial charge in [0.15, 0.2) is 0 Å². The van der Waals surface area contributed by atoms with Gasteiger partial charge < -0.3 is 39.9 Å². The average molecular weight is 893 g/mol. The van der Waals surface area contributed by atoms with Gasteiger partial charge in [-0.25, -0.2) is 4.57 Å². The second kappa shape index (κ2) is 38.7. The molecule has 0 aromatic heterocycles. The van der Waals surface area contributed by atoms with Crippen LogP contribution in [0.2, 0.25) is 0 Å². The Hall–Kier alpha value is -2.74. The highest BCUT2D eigenvalue weighted by Gasteiger charge is 2.51. The van der Waals surface area contributed by atoms with Gasteiger partial charge >= 0.3 is 13.8 Å². The van der Waals surface area contributed by atoms with E-state index < -0.39 is 63.1 Å². The fourth-order valence-corrected chi connectivity index (χ4v) is 7.29. The second-order valence-corrected chi connectivity index (χ2v) is 16.9. The topological polar surface area (TPSA) is 192 Å². The molecule has 0 aliphatic heterocycles. The number of hydrogen-bond donors (Lipinski definition) is 6. The third-order valence-corrected chi connectivity index (χ3v) is 11.0. The van der Waals surface area contributed by atoms with E-state index >= 15 is 0 Å². The van der Waals surface area contributed by atoms with Crippen LogP contribution in [0.1, 0.15) is 142 Å². The van der Waals surface area contributed by atoms with Gasteiger partial charge in [0.05, 0.1) is 19.6 Å². The van der Waals surface area contributed by atoms with Crippen molar-refractivity contribution in [3.63, 3.8) is 0 Å². The molecule has 0 radical (unpaired) electrons.